The van der Waals surface area contributed by atoms with Gasteiger partial charge >= 0.3 is 0 Å². The number of benzene rings is 1. The van der Waals surface area contributed by atoms with E-state index >= 15 is 0 Å². The highest BCUT2D eigenvalue weighted by Crippen LogP contribution is 2.19. The molecule has 10 heavy (non-hydrogen) atoms. The Labute approximate surface area is 62.5 Å². The van der Waals surface area contributed by atoms with Crippen LogP contribution in [0.5, 0.6) is 0 Å². The van der Waals surface area contributed by atoms with Gasteiger partial charge in [-0.05, 0) is 24.5 Å². The molecule has 1 aliphatic heterocycles. The van der Waals surface area contributed by atoms with Gasteiger partial charge in [-0.3, -0.25) is 0 Å². The van der Waals surface area contributed by atoms with E-state index in [1.165, 1.54) is 5.56 Å². The monoisotopic (exact) mass is 134 g/mol. The first-order valence-corrected chi connectivity index (χ1v) is 3.72. The fourth-order valence-electron chi connectivity index (χ4n) is 1.35. The smallest absolute Gasteiger partial charge is 0.160 e. The molecule has 1 aliphatic rings. The Bertz CT molecular complexity index is 259. The lowest BCUT2D eigenvalue weighted by molar-refractivity contribution is 0.830. The number of nitrogens with one attached hydrogen (secondary N) is 1. The van der Waals surface area contributed by atoms with Crippen LogP contribution < -0.4 is 5.31 Å². The predicted octanol–water partition coefficient (Wildman–Crippen LogP) is 2.04. The molecule has 1 heteroatoms. The third-order valence-electron chi connectivity index (χ3n) is 1.88. The summed E-state index contributed by atoms with van der Waals surface area (Å²) in [6.45, 7) is 0.872. The van der Waals surface area contributed by atoms with E-state index in [1.54, 1.807) is 5.31 Å². The van der Waals surface area contributed by atoms with E-state index in [1.807, 2.05) is 18.2 Å². The molecule has 2 rings (SSSR count). The number of aryl methyl sites for hydroxylation is 1. The van der Waals surface area contributed by atoms with Crippen molar-refractivity contribution >= 4 is 5.69 Å². The van der Waals surface area contributed by atoms with Gasteiger partial charge in [-0.25, -0.2) is 0 Å². The van der Waals surface area contributed by atoms with E-state index in [-0.39, 0.29) is 0 Å². The summed E-state index contributed by atoms with van der Waals surface area (Å²) < 4.78 is 7.59. The first-order chi connectivity index (χ1) is 5.38. The third-order valence-corrected chi connectivity index (χ3v) is 1.88. The number of fused-ring (bicyclic) bond motifs is 1. The second-order valence-electron chi connectivity index (χ2n) is 2.61. The van der Waals surface area contributed by atoms with Crippen molar-refractivity contribution in [3.63, 3.8) is 0 Å². The summed E-state index contributed by atoms with van der Waals surface area (Å²) in [5.41, 5.74) is 2.40. The van der Waals surface area contributed by atoms with Crippen molar-refractivity contribution in [3.8, 4) is 0 Å². The molecule has 0 atom stereocenters. The lowest BCUT2D eigenvalue weighted by Crippen LogP contribution is -2.10. The number of para-hydroxylation sites is 1. The van der Waals surface area contributed by atoms with Gasteiger partial charge in [0.05, 0.1) is 0 Å². The van der Waals surface area contributed by atoms with E-state index in [0.717, 1.165) is 25.1 Å². The van der Waals surface area contributed by atoms with Gasteiger partial charge in [0.25, 0.3) is 0 Å². The summed E-state index contributed by atoms with van der Waals surface area (Å²) in [7, 11) is 0. The van der Waals surface area contributed by atoms with Gasteiger partial charge in [0.1, 0.15) is 0 Å². The lowest BCUT2D eigenvalue weighted by Gasteiger charge is -2.16. The van der Waals surface area contributed by atoms with Gasteiger partial charge in [-0.15, -0.1) is 0 Å². The fourth-order valence-corrected chi connectivity index (χ4v) is 1.35. The van der Waals surface area contributed by atoms with Gasteiger partial charge in [-0.1, -0.05) is 18.2 Å². The molecule has 0 amide bonds. The SMILES string of the molecule is [2H]N1CCCc2ccccc21. The van der Waals surface area contributed by atoms with Gasteiger partial charge < -0.3 is 5.31 Å². The van der Waals surface area contributed by atoms with Crippen LogP contribution in [0, 0.1) is 0 Å². The molecule has 0 saturated heterocycles. The molecule has 0 aliphatic carbocycles. The van der Waals surface area contributed by atoms with Crippen LogP contribution >= 0.6 is 0 Å². The molecule has 0 unspecified atom stereocenters. The minimum atomic E-state index is 0.872. The Morgan fingerprint density at radius 3 is 3.20 bits per heavy atom. The number of hydrogen-bond donors (Lipinski definition) is 1. The molecule has 1 heterocycles. The van der Waals surface area contributed by atoms with Gasteiger partial charge in [-0.2, -0.15) is 0 Å². The minimum Gasteiger partial charge on any atom is -0.385 e. The quantitative estimate of drug-likeness (QED) is 0.572. The summed E-state index contributed by atoms with van der Waals surface area (Å²) in [5, 5.41) is 1.58. The summed E-state index contributed by atoms with van der Waals surface area (Å²) in [6.07, 6.45) is 2.24. The molecule has 1 nitrogen and oxygen atoms in total. The molecule has 0 spiro atoms. The normalized spacial score (nSPS) is 18.0. The van der Waals surface area contributed by atoms with Gasteiger partial charge in [0.15, 0.2) is 1.41 Å². The third kappa shape index (κ3) is 0.878. The van der Waals surface area contributed by atoms with E-state index in [0.29, 0.717) is 0 Å². The van der Waals surface area contributed by atoms with E-state index in [2.05, 4.69) is 6.07 Å². The van der Waals surface area contributed by atoms with Crippen molar-refractivity contribution in [1.82, 2.24) is 0 Å². The van der Waals surface area contributed by atoms with Crippen LogP contribution in [0.15, 0.2) is 24.3 Å². The minimum absolute atomic E-state index is 0.872. The highest BCUT2D eigenvalue weighted by atomic mass is 14.9. The Hall–Kier alpha value is -0.980. The molecule has 0 saturated carbocycles. The van der Waals surface area contributed by atoms with Gasteiger partial charge in [0.2, 0.25) is 0 Å². The fraction of sp³-hybridized carbons (Fsp3) is 0.333. The Kier molecular flexibility index (Phi) is 1.11. The molecule has 1 N–H and O–H groups in total. The second-order valence-corrected chi connectivity index (χ2v) is 2.61. The Balaban J connectivity index is 2.44. The van der Waals surface area contributed by atoms with Crippen molar-refractivity contribution < 1.29 is 1.41 Å². The molecule has 0 aromatic heterocycles. The molecule has 0 bridgehead atoms. The lowest BCUT2D eigenvalue weighted by atomic mass is 10.0. The number of rotatable bonds is 0. The van der Waals surface area contributed by atoms with Crippen molar-refractivity contribution in [1.29, 1.82) is 0 Å². The zero-order valence-electron chi connectivity index (χ0n) is 6.88. The Morgan fingerprint density at radius 2 is 2.30 bits per heavy atom. The summed E-state index contributed by atoms with van der Waals surface area (Å²) in [5.74, 6) is 0. The molecule has 0 fully saturated rings. The van der Waals surface area contributed by atoms with Crippen LogP contribution in [0.2, 0.25) is 1.41 Å². The van der Waals surface area contributed by atoms with Gasteiger partial charge in [0, 0.05) is 12.2 Å². The maximum Gasteiger partial charge on any atom is 0.160 e. The average Bonchev–Trinajstić information content (AvgIpc) is 2.06. The predicted molar refractivity (Wildman–Crippen MR) is 43.3 cm³/mol. The first kappa shape index (κ1) is 4.78. The van der Waals surface area contributed by atoms with E-state index < -0.39 is 0 Å². The average molecular weight is 134 g/mol. The first-order valence-electron chi connectivity index (χ1n) is 4.17. The van der Waals surface area contributed by atoms with Crippen molar-refractivity contribution in [3.05, 3.63) is 29.8 Å². The molecular weight excluding hydrogens is 122 g/mol. The second kappa shape index (κ2) is 2.33. The zero-order valence-corrected chi connectivity index (χ0v) is 5.88. The van der Waals surface area contributed by atoms with Crippen LogP contribution in [0.25, 0.3) is 0 Å². The highest BCUT2D eigenvalue weighted by Gasteiger charge is 2.04. The van der Waals surface area contributed by atoms with Crippen LogP contribution in [0.3, 0.4) is 0 Å². The van der Waals surface area contributed by atoms with Crippen LogP contribution in [0.4, 0.5) is 5.69 Å². The largest absolute Gasteiger partial charge is 0.385 e. The highest BCUT2D eigenvalue weighted by molar-refractivity contribution is 5.52. The maximum absolute atomic E-state index is 7.59. The summed E-state index contributed by atoms with van der Waals surface area (Å²) >= 11 is 0. The maximum atomic E-state index is 7.59. The van der Waals surface area contributed by atoms with E-state index in [9.17, 15) is 0 Å². The van der Waals surface area contributed by atoms with E-state index in [4.69, 9.17) is 1.41 Å². The van der Waals surface area contributed by atoms with Crippen molar-refractivity contribution in [2.24, 2.45) is 0 Å². The van der Waals surface area contributed by atoms with Crippen LogP contribution in [-0.4, -0.2) is 6.54 Å². The van der Waals surface area contributed by atoms with Crippen LogP contribution in [-0.2, 0) is 6.42 Å². The molecular formula is C9H11N. The van der Waals surface area contributed by atoms with Crippen LogP contribution in [0.1, 0.15) is 12.0 Å². The number of anilines is 1. The van der Waals surface area contributed by atoms with Crippen molar-refractivity contribution in [2.75, 3.05) is 11.9 Å². The number of hydrogen-bond acceptors (Lipinski definition) is 1. The molecule has 0 radical (unpaired) electrons. The summed E-state index contributed by atoms with van der Waals surface area (Å²) in [4.78, 5) is 0. The topological polar surface area (TPSA) is 12.0 Å². The molecule has 1 aromatic rings. The molecule has 1 aromatic carbocycles. The zero-order chi connectivity index (χ0) is 7.68. The molecule has 52 valence electrons. The standard InChI is InChI=1S/C9H11N/c1-2-6-9-8(4-1)5-3-7-10-9/h1-2,4,6,10H,3,5,7H2/i/hD. The summed E-state index contributed by atoms with van der Waals surface area (Å²) in [6, 6.07) is 8.15. The Morgan fingerprint density at radius 1 is 1.40 bits per heavy atom. The van der Waals surface area contributed by atoms with Crippen molar-refractivity contribution in [2.45, 2.75) is 12.8 Å².